The molecule has 2 rings (SSSR count). The van der Waals surface area contributed by atoms with Crippen molar-refractivity contribution in [3.63, 3.8) is 0 Å². The van der Waals surface area contributed by atoms with Gasteiger partial charge in [-0.1, -0.05) is 17.7 Å². The van der Waals surface area contributed by atoms with Crippen LogP contribution in [0.5, 0.6) is 5.75 Å². The Morgan fingerprint density at radius 1 is 1.10 bits per heavy atom. The molecule has 0 N–H and O–H groups in total. The minimum absolute atomic E-state index is 0.0733. The molecule has 1 aliphatic rings. The normalized spacial score (nSPS) is 16.9. The van der Waals surface area contributed by atoms with Gasteiger partial charge in [-0.25, -0.2) is 0 Å². The van der Waals surface area contributed by atoms with Gasteiger partial charge in [0.15, 0.2) is 6.61 Å². The van der Waals surface area contributed by atoms with Crippen LogP contribution < -0.4 is 4.74 Å². The average Bonchev–Trinajstić information content (AvgIpc) is 2.45. The van der Waals surface area contributed by atoms with Crippen LogP contribution in [0.1, 0.15) is 26.3 Å². The Bertz CT molecular complexity index is 469. The molecular weight excluding hydrogens is 264 g/mol. The first-order valence-electron chi connectivity index (χ1n) is 7.58. The van der Waals surface area contributed by atoms with Crippen molar-refractivity contribution in [3.8, 4) is 5.75 Å². The van der Waals surface area contributed by atoms with E-state index in [4.69, 9.17) is 4.74 Å². The maximum absolute atomic E-state index is 12.2. The molecule has 1 fully saturated rings. The Kier molecular flexibility index (Phi) is 4.88. The van der Waals surface area contributed by atoms with Crippen LogP contribution in [0.2, 0.25) is 0 Å². The lowest BCUT2D eigenvalue weighted by atomic mass is 10.1. The highest BCUT2D eigenvalue weighted by Gasteiger charge is 2.27. The molecule has 0 saturated carbocycles. The first-order valence-corrected chi connectivity index (χ1v) is 7.58. The second kappa shape index (κ2) is 6.48. The van der Waals surface area contributed by atoms with E-state index in [2.05, 4.69) is 25.7 Å². The largest absolute Gasteiger partial charge is 0.484 e. The summed E-state index contributed by atoms with van der Waals surface area (Å²) in [5.74, 6) is 0.825. The van der Waals surface area contributed by atoms with Crippen molar-refractivity contribution in [1.82, 2.24) is 9.80 Å². The summed E-state index contributed by atoms with van der Waals surface area (Å²) in [5.41, 5.74) is 1.36. The van der Waals surface area contributed by atoms with Crippen molar-refractivity contribution in [2.24, 2.45) is 0 Å². The van der Waals surface area contributed by atoms with Crippen molar-refractivity contribution < 1.29 is 9.53 Å². The molecule has 0 spiro atoms. The minimum Gasteiger partial charge on any atom is -0.484 e. The van der Waals surface area contributed by atoms with Gasteiger partial charge in [0, 0.05) is 31.7 Å². The summed E-state index contributed by atoms with van der Waals surface area (Å²) in [6.45, 7) is 12.2. The predicted molar refractivity (Wildman–Crippen MR) is 84.6 cm³/mol. The lowest BCUT2D eigenvalue weighted by Gasteiger charge is -2.42. The molecule has 1 aromatic rings. The highest BCUT2D eigenvalue weighted by Crippen LogP contribution is 2.16. The summed E-state index contributed by atoms with van der Waals surface area (Å²) in [5, 5.41) is 0. The number of hydrogen-bond acceptors (Lipinski definition) is 3. The summed E-state index contributed by atoms with van der Waals surface area (Å²) in [6.07, 6.45) is 0. The fourth-order valence-corrected chi connectivity index (χ4v) is 2.50. The van der Waals surface area contributed by atoms with Crippen molar-refractivity contribution in [2.45, 2.75) is 33.2 Å². The smallest absolute Gasteiger partial charge is 0.260 e. The third kappa shape index (κ3) is 4.46. The number of piperazine rings is 1. The number of carbonyl (C=O) groups excluding carboxylic acids is 1. The zero-order chi connectivity index (χ0) is 15.5. The van der Waals surface area contributed by atoms with E-state index in [9.17, 15) is 4.79 Å². The molecule has 116 valence electrons. The molecule has 0 atom stereocenters. The van der Waals surface area contributed by atoms with E-state index in [1.807, 2.05) is 36.1 Å². The van der Waals surface area contributed by atoms with Gasteiger partial charge in [-0.05, 0) is 39.8 Å². The topological polar surface area (TPSA) is 32.8 Å². The van der Waals surface area contributed by atoms with Gasteiger partial charge in [0.2, 0.25) is 0 Å². The molecule has 21 heavy (non-hydrogen) atoms. The van der Waals surface area contributed by atoms with E-state index < -0.39 is 0 Å². The first-order chi connectivity index (χ1) is 9.86. The number of hydrogen-bond donors (Lipinski definition) is 0. The Balaban J connectivity index is 1.78. The number of nitrogens with zero attached hydrogens (tertiary/aromatic N) is 2. The highest BCUT2D eigenvalue weighted by atomic mass is 16.5. The van der Waals surface area contributed by atoms with Gasteiger partial charge in [0.05, 0.1) is 0 Å². The number of aryl methyl sites for hydroxylation is 1. The quantitative estimate of drug-likeness (QED) is 0.856. The van der Waals surface area contributed by atoms with Crippen LogP contribution in [0.3, 0.4) is 0 Å². The van der Waals surface area contributed by atoms with Crippen LogP contribution in [0.25, 0.3) is 0 Å². The number of ether oxygens (including phenoxy) is 1. The van der Waals surface area contributed by atoms with Crippen molar-refractivity contribution in [1.29, 1.82) is 0 Å². The Labute approximate surface area is 127 Å². The van der Waals surface area contributed by atoms with Crippen LogP contribution >= 0.6 is 0 Å². The van der Waals surface area contributed by atoms with Gasteiger partial charge in [-0.2, -0.15) is 0 Å². The second-order valence-electron chi connectivity index (χ2n) is 6.64. The van der Waals surface area contributed by atoms with Crippen molar-refractivity contribution in [2.75, 3.05) is 32.8 Å². The highest BCUT2D eigenvalue weighted by molar-refractivity contribution is 5.77. The van der Waals surface area contributed by atoms with Crippen molar-refractivity contribution >= 4 is 5.91 Å². The summed E-state index contributed by atoms with van der Waals surface area (Å²) in [6, 6.07) is 7.78. The fourth-order valence-electron chi connectivity index (χ4n) is 2.50. The van der Waals surface area contributed by atoms with Crippen LogP contribution in [0.4, 0.5) is 0 Å². The number of carbonyl (C=O) groups is 1. The van der Waals surface area contributed by atoms with Gasteiger partial charge >= 0.3 is 0 Å². The van der Waals surface area contributed by atoms with Crippen LogP contribution in [0, 0.1) is 6.92 Å². The van der Waals surface area contributed by atoms with Gasteiger partial charge in [-0.15, -0.1) is 0 Å². The summed E-state index contributed by atoms with van der Waals surface area (Å²) >= 11 is 0. The Morgan fingerprint density at radius 2 is 1.67 bits per heavy atom. The molecule has 0 aliphatic carbocycles. The fraction of sp³-hybridized carbons (Fsp3) is 0.588. The SMILES string of the molecule is Cc1ccc(OCC(=O)N2CCN(C(C)(C)C)CC2)cc1. The molecule has 0 aromatic heterocycles. The number of benzene rings is 1. The van der Waals surface area contributed by atoms with Gasteiger partial charge < -0.3 is 9.64 Å². The molecular formula is C17H26N2O2. The monoisotopic (exact) mass is 290 g/mol. The molecule has 0 radical (unpaired) electrons. The maximum Gasteiger partial charge on any atom is 0.260 e. The van der Waals surface area contributed by atoms with Gasteiger partial charge in [0.1, 0.15) is 5.75 Å². The molecule has 0 unspecified atom stereocenters. The molecule has 1 saturated heterocycles. The van der Waals surface area contributed by atoms with Gasteiger partial charge in [-0.3, -0.25) is 9.69 Å². The first kappa shape index (κ1) is 15.8. The lowest BCUT2D eigenvalue weighted by Crippen LogP contribution is -2.55. The van der Waals surface area contributed by atoms with Crippen LogP contribution in [-0.2, 0) is 4.79 Å². The van der Waals surface area contributed by atoms with Crippen LogP contribution in [-0.4, -0.2) is 54.0 Å². The lowest BCUT2D eigenvalue weighted by molar-refractivity contribution is -0.135. The summed E-state index contributed by atoms with van der Waals surface area (Å²) in [7, 11) is 0. The Morgan fingerprint density at radius 3 is 2.19 bits per heavy atom. The number of amides is 1. The Hall–Kier alpha value is -1.55. The molecule has 1 aromatic carbocycles. The molecule has 4 nitrogen and oxygen atoms in total. The summed E-state index contributed by atoms with van der Waals surface area (Å²) in [4.78, 5) is 16.5. The maximum atomic E-state index is 12.2. The van der Waals surface area contributed by atoms with E-state index in [1.54, 1.807) is 0 Å². The molecule has 4 heteroatoms. The molecule has 1 amide bonds. The summed E-state index contributed by atoms with van der Waals surface area (Å²) < 4.78 is 5.57. The van der Waals surface area contributed by atoms with Crippen LogP contribution in [0.15, 0.2) is 24.3 Å². The van der Waals surface area contributed by atoms with Crippen molar-refractivity contribution in [3.05, 3.63) is 29.8 Å². The average molecular weight is 290 g/mol. The molecule has 0 bridgehead atoms. The molecule has 1 aliphatic heterocycles. The zero-order valence-electron chi connectivity index (χ0n) is 13.6. The third-order valence-corrected chi connectivity index (χ3v) is 3.96. The van der Waals surface area contributed by atoms with Gasteiger partial charge in [0.25, 0.3) is 5.91 Å². The van der Waals surface area contributed by atoms with E-state index in [1.165, 1.54) is 5.56 Å². The third-order valence-electron chi connectivity index (χ3n) is 3.96. The second-order valence-corrected chi connectivity index (χ2v) is 6.64. The van der Waals surface area contributed by atoms with E-state index in [0.29, 0.717) is 0 Å². The van der Waals surface area contributed by atoms with E-state index in [-0.39, 0.29) is 18.1 Å². The molecule has 1 heterocycles. The predicted octanol–water partition coefficient (Wildman–Crippen LogP) is 2.32. The zero-order valence-corrected chi connectivity index (χ0v) is 13.6. The standard InChI is InChI=1S/C17H26N2O2/c1-14-5-7-15(8-6-14)21-13-16(20)18-9-11-19(12-10-18)17(2,3)4/h5-8H,9-13H2,1-4H3. The van der Waals surface area contributed by atoms with E-state index >= 15 is 0 Å². The number of rotatable bonds is 3. The minimum atomic E-state index is 0.0733. The van der Waals surface area contributed by atoms with E-state index in [0.717, 1.165) is 31.9 Å².